The third-order valence-corrected chi connectivity index (χ3v) is 3.87. The van der Waals surface area contributed by atoms with E-state index >= 15 is 0 Å². The Bertz CT molecular complexity index is 341. The average molecular weight is 250 g/mol. The largest absolute Gasteiger partial charge is 0.330 e. The topological polar surface area (TPSA) is 47.1 Å². The molecule has 0 aromatic carbocycles. The summed E-state index contributed by atoms with van der Waals surface area (Å²) in [5.41, 5.74) is 6.76. The highest BCUT2D eigenvalue weighted by Gasteiger charge is 2.17. The fourth-order valence-corrected chi connectivity index (χ4v) is 2.73. The molecule has 4 nitrogen and oxygen atoms in total. The molecule has 0 aliphatic heterocycles. The summed E-state index contributed by atoms with van der Waals surface area (Å²) in [6, 6.07) is 2.82. The SMILES string of the molecule is CCN(CCCN)Cc1ccn(C2CCCC2)n1. The fourth-order valence-electron chi connectivity index (χ4n) is 2.73. The van der Waals surface area contributed by atoms with Gasteiger partial charge in [0, 0.05) is 12.7 Å². The molecular weight excluding hydrogens is 224 g/mol. The first-order chi connectivity index (χ1) is 8.83. The fraction of sp³-hybridized carbons (Fsp3) is 0.786. The van der Waals surface area contributed by atoms with Gasteiger partial charge in [0.1, 0.15) is 0 Å². The standard InChI is InChI=1S/C14H26N4/c1-2-17(10-5-9-15)12-13-8-11-18(16-13)14-6-3-4-7-14/h8,11,14H,2-7,9-10,12,15H2,1H3. The summed E-state index contributed by atoms with van der Waals surface area (Å²) in [7, 11) is 0. The molecule has 2 rings (SSSR count). The van der Waals surface area contributed by atoms with Crippen molar-refractivity contribution in [2.24, 2.45) is 5.73 Å². The van der Waals surface area contributed by atoms with Crippen LogP contribution in [0.25, 0.3) is 0 Å². The van der Waals surface area contributed by atoms with Crippen LogP contribution in [0.5, 0.6) is 0 Å². The molecule has 18 heavy (non-hydrogen) atoms. The molecule has 4 heteroatoms. The van der Waals surface area contributed by atoms with Crippen molar-refractivity contribution in [2.45, 2.75) is 51.6 Å². The first kappa shape index (κ1) is 13.6. The van der Waals surface area contributed by atoms with Crippen molar-refractivity contribution in [3.8, 4) is 0 Å². The number of nitrogens with two attached hydrogens (primary N) is 1. The second-order valence-electron chi connectivity index (χ2n) is 5.24. The van der Waals surface area contributed by atoms with E-state index < -0.39 is 0 Å². The van der Waals surface area contributed by atoms with Crippen LogP contribution >= 0.6 is 0 Å². The van der Waals surface area contributed by atoms with Crippen LogP contribution in [0, 0.1) is 0 Å². The first-order valence-electron chi connectivity index (χ1n) is 7.30. The smallest absolute Gasteiger partial charge is 0.0764 e. The normalized spacial score (nSPS) is 16.8. The minimum absolute atomic E-state index is 0.651. The van der Waals surface area contributed by atoms with Crippen LogP contribution in [-0.4, -0.2) is 34.3 Å². The van der Waals surface area contributed by atoms with Gasteiger partial charge in [-0.15, -0.1) is 0 Å². The van der Waals surface area contributed by atoms with Crippen LogP contribution in [0.2, 0.25) is 0 Å². The molecule has 102 valence electrons. The van der Waals surface area contributed by atoms with E-state index in [9.17, 15) is 0 Å². The molecule has 0 atom stereocenters. The summed E-state index contributed by atoms with van der Waals surface area (Å²) in [6.45, 7) is 6.06. The number of aromatic nitrogens is 2. The molecule has 0 unspecified atom stereocenters. The molecule has 1 aliphatic carbocycles. The quantitative estimate of drug-likeness (QED) is 0.806. The summed E-state index contributed by atoms with van der Waals surface area (Å²) in [4.78, 5) is 2.41. The minimum atomic E-state index is 0.651. The zero-order valence-electron chi connectivity index (χ0n) is 11.5. The van der Waals surface area contributed by atoms with Crippen molar-refractivity contribution in [3.63, 3.8) is 0 Å². The predicted molar refractivity (Wildman–Crippen MR) is 74.4 cm³/mol. The lowest BCUT2D eigenvalue weighted by atomic mass is 10.3. The van der Waals surface area contributed by atoms with Crippen LogP contribution in [0.15, 0.2) is 12.3 Å². The van der Waals surface area contributed by atoms with Gasteiger partial charge in [-0.2, -0.15) is 5.10 Å². The molecule has 1 aromatic heterocycles. The van der Waals surface area contributed by atoms with Gasteiger partial charge in [-0.1, -0.05) is 19.8 Å². The Hall–Kier alpha value is -0.870. The van der Waals surface area contributed by atoms with Crippen molar-refractivity contribution in [1.29, 1.82) is 0 Å². The molecule has 0 amide bonds. The third-order valence-electron chi connectivity index (χ3n) is 3.87. The highest BCUT2D eigenvalue weighted by Crippen LogP contribution is 2.28. The average Bonchev–Trinajstić information content (AvgIpc) is 3.04. The first-order valence-corrected chi connectivity index (χ1v) is 7.30. The molecule has 1 saturated carbocycles. The summed E-state index contributed by atoms with van der Waals surface area (Å²) in [5, 5.41) is 4.73. The molecule has 2 N–H and O–H groups in total. The number of rotatable bonds is 7. The number of hydrogen-bond acceptors (Lipinski definition) is 3. The molecule has 0 radical (unpaired) electrons. The van der Waals surface area contributed by atoms with E-state index in [4.69, 9.17) is 10.8 Å². The molecule has 1 aliphatic rings. The van der Waals surface area contributed by atoms with Crippen LogP contribution in [-0.2, 0) is 6.54 Å². The Balaban J connectivity index is 1.88. The van der Waals surface area contributed by atoms with Gasteiger partial charge < -0.3 is 5.73 Å². The molecule has 0 bridgehead atoms. The lowest BCUT2D eigenvalue weighted by Gasteiger charge is -2.18. The Morgan fingerprint density at radius 1 is 1.44 bits per heavy atom. The van der Waals surface area contributed by atoms with Crippen molar-refractivity contribution in [3.05, 3.63) is 18.0 Å². The van der Waals surface area contributed by atoms with Gasteiger partial charge in [0.05, 0.1) is 11.7 Å². The molecule has 1 fully saturated rings. The molecule has 0 spiro atoms. The van der Waals surface area contributed by atoms with E-state index in [1.807, 2.05) is 0 Å². The van der Waals surface area contributed by atoms with E-state index in [-0.39, 0.29) is 0 Å². The van der Waals surface area contributed by atoms with Gasteiger partial charge in [-0.05, 0) is 45.0 Å². The number of hydrogen-bond donors (Lipinski definition) is 1. The van der Waals surface area contributed by atoms with Gasteiger partial charge in [0.2, 0.25) is 0 Å². The second-order valence-corrected chi connectivity index (χ2v) is 5.24. The van der Waals surface area contributed by atoms with Crippen LogP contribution in [0.1, 0.15) is 50.8 Å². The lowest BCUT2D eigenvalue weighted by molar-refractivity contribution is 0.273. The van der Waals surface area contributed by atoms with E-state index in [1.54, 1.807) is 0 Å². The summed E-state index contributed by atoms with van der Waals surface area (Å²) < 4.78 is 2.18. The predicted octanol–water partition coefficient (Wildman–Crippen LogP) is 2.17. The van der Waals surface area contributed by atoms with Crippen molar-refractivity contribution >= 4 is 0 Å². The van der Waals surface area contributed by atoms with Gasteiger partial charge in [-0.3, -0.25) is 9.58 Å². The van der Waals surface area contributed by atoms with E-state index in [1.165, 1.54) is 31.4 Å². The van der Waals surface area contributed by atoms with E-state index in [2.05, 4.69) is 28.8 Å². The Labute approximate surface area is 110 Å². The highest BCUT2D eigenvalue weighted by atomic mass is 15.3. The van der Waals surface area contributed by atoms with Crippen molar-refractivity contribution in [2.75, 3.05) is 19.6 Å². The molecular formula is C14H26N4. The van der Waals surface area contributed by atoms with Crippen LogP contribution in [0.3, 0.4) is 0 Å². The highest BCUT2D eigenvalue weighted by molar-refractivity contribution is 5.00. The molecule has 0 saturated heterocycles. The molecule has 1 heterocycles. The number of nitrogens with zero attached hydrogens (tertiary/aromatic N) is 3. The van der Waals surface area contributed by atoms with Gasteiger partial charge >= 0.3 is 0 Å². The minimum Gasteiger partial charge on any atom is -0.330 e. The Kier molecular flexibility index (Phi) is 5.20. The Morgan fingerprint density at radius 3 is 2.89 bits per heavy atom. The maximum absolute atomic E-state index is 5.57. The molecule has 1 aromatic rings. The zero-order valence-corrected chi connectivity index (χ0v) is 11.5. The van der Waals surface area contributed by atoms with Crippen LogP contribution in [0.4, 0.5) is 0 Å². The van der Waals surface area contributed by atoms with E-state index in [0.717, 1.165) is 32.6 Å². The summed E-state index contributed by atoms with van der Waals surface area (Å²) >= 11 is 0. The maximum Gasteiger partial charge on any atom is 0.0764 e. The second kappa shape index (κ2) is 6.90. The monoisotopic (exact) mass is 250 g/mol. The van der Waals surface area contributed by atoms with Gasteiger partial charge in [0.15, 0.2) is 0 Å². The lowest BCUT2D eigenvalue weighted by Crippen LogP contribution is -2.26. The Morgan fingerprint density at radius 2 is 2.22 bits per heavy atom. The maximum atomic E-state index is 5.57. The zero-order chi connectivity index (χ0) is 12.8. The van der Waals surface area contributed by atoms with Crippen LogP contribution < -0.4 is 5.73 Å². The summed E-state index contributed by atoms with van der Waals surface area (Å²) in [6.07, 6.45) is 8.53. The van der Waals surface area contributed by atoms with Crippen molar-refractivity contribution in [1.82, 2.24) is 14.7 Å². The third kappa shape index (κ3) is 3.56. The van der Waals surface area contributed by atoms with E-state index in [0.29, 0.717) is 6.04 Å². The van der Waals surface area contributed by atoms with Crippen molar-refractivity contribution < 1.29 is 0 Å². The van der Waals surface area contributed by atoms with Gasteiger partial charge in [0.25, 0.3) is 0 Å². The summed E-state index contributed by atoms with van der Waals surface area (Å²) in [5.74, 6) is 0. The van der Waals surface area contributed by atoms with Gasteiger partial charge in [-0.25, -0.2) is 0 Å².